The molecule has 1 fully saturated rings. The molecule has 0 radical (unpaired) electrons. The molecule has 0 bridgehead atoms. The Balaban J connectivity index is 1.77. The van der Waals surface area contributed by atoms with Crippen molar-refractivity contribution in [1.82, 2.24) is 14.7 Å². The SMILES string of the molecule is CN(C)c1cnn2c1OCC(N1CCCC1)C2. The Morgan fingerprint density at radius 3 is 2.82 bits per heavy atom. The van der Waals surface area contributed by atoms with Crippen LogP contribution in [0.5, 0.6) is 5.88 Å². The predicted octanol–water partition coefficient (Wildman–Crippen LogP) is 0.806. The number of nitrogens with zero attached hydrogens (tertiary/aromatic N) is 4. The van der Waals surface area contributed by atoms with Gasteiger partial charge in [0.05, 0.1) is 18.8 Å². The Kier molecular flexibility index (Phi) is 2.70. The molecule has 5 nitrogen and oxygen atoms in total. The summed E-state index contributed by atoms with van der Waals surface area (Å²) in [5.74, 6) is 0.922. The number of hydrogen-bond donors (Lipinski definition) is 0. The third kappa shape index (κ3) is 1.88. The van der Waals surface area contributed by atoms with Crippen LogP contribution in [-0.4, -0.2) is 54.5 Å². The summed E-state index contributed by atoms with van der Waals surface area (Å²) >= 11 is 0. The quantitative estimate of drug-likeness (QED) is 0.761. The van der Waals surface area contributed by atoms with Crippen LogP contribution in [0.4, 0.5) is 5.69 Å². The van der Waals surface area contributed by atoms with Crippen LogP contribution in [0.15, 0.2) is 6.20 Å². The van der Waals surface area contributed by atoms with Crippen molar-refractivity contribution in [2.45, 2.75) is 25.4 Å². The van der Waals surface area contributed by atoms with Crippen molar-refractivity contribution in [2.75, 3.05) is 38.7 Å². The minimum absolute atomic E-state index is 0.500. The van der Waals surface area contributed by atoms with E-state index in [9.17, 15) is 0 Å². The van der Waals surface area contributed by atoms with Gasteiger partial charge in [0, 0.05) is 14.1 Å². The van der Waals surface area contributed by atoms with Crippen molar-refractivity contribution < 1.29 is 4.74 Å². The molecule has 1 aromatic rings. The molecule has 17 heavy (non-hydrogen) atoms. The zero-order chi connectivity index (χ0) is 11.8. The van der Waals surface area contributed by atoms with Gasteiger partial charge < -0.3 is 9.64 Å². The first kappa shape index (κ1) is 10.9. The third-order valence-corrected chi connectivity index (χ3v) is 3.71. The highest BCUT2D eigenvalue weighted by molar-refractivity contribution is 5.53. The van der Waals surface area contributed by atoms with Crippen LogP contribution in [-0.2, 0) is 6.54 Å². The van der Waals surface area contributed by atoms with Crippen molar-refractivity contribution in [3.05, 3.63) is 6.20 Å². The first-order chi connectivity index (χ1) is 8.25. The van der Waals surface area contributed by atoms with E-state index >= 15 is 0 Å². The molecule has 3 heterocycles. The van der Waals surface area contributed by atoms with Gasteiger partial charge in [-0.2, -0.15) is 5.10 Å². The molecule has 0 aromatic carbocycles. The van der Waals surface area contributed by atoms with E-state index in [1.807, 2.05) is 25.0 Å². The largest absolute Gasteiger partial charge is 0.475 e. The monoisotopic (exact) mass is 236 g/mol. The van der Waals surface area contributed by atoms with Crippen LogP contribution >= 0.6 is 0 Å². The van der Waals surface area contributed by atoms with Gasteiger partial charge in [0.15, 0.2) is 0 Å². The molecule has 0 amide bonds. The lowest BCUT2D eigenvalue weighted by Crippen LogP contribution is -2.43. The summed E-state index contributed by atoms with van der Waals surface area (Å²) in [6.45, 7) is 4.19. The molecule has 94 valence electrons. The van der Waals surface area contributed by atoms with Gasteiger partial charge >= 0.3 is 0 Å². The second kappa shape index (κ2) is 4.22. The van der Waals surface area contributed by atoms with Gasteiger partial charge in [-0.25, -0.2) is 4.68 Å². The molecule has 0 N–H and O–H groups in total. The maximum atomic E-state index is 5.90. The fourth-order valence-corrected chi connectivity index (χ4v) is 2.70. The molecule has 2 aliphatic rings. The van der Waals surface area contributed by atoms with E-state index in [4.69, 9.17) is 4.74 Å². The van der Waals surface area contributed by atoms with Crippen LogP contribution in [0.3, 0.4) is 0 Å². The molecule has 0 spiro atoms. The van der Waals surface area contributed by atoms with E-state index in [2.05, 4.69) is 14.9 Å². The topological polar surface area (TPSA) is 33.5 Å². The molecular formula is C12H20N4O. The summed E-state index contributed by atoms with van der Waals surface area (Å²) in [6, 6.07) is 0.500. The van der Waals surface area contributed by atoms with Crippen LogP contribution in [0.2, 0.25) is 0 Å². The summed E-state index contributed by atoms with van der Waals surface area (Å²) in [5, 5.41) is 4.42. The van der Waals surface area contributed by atoms with Crippen LogP contribution in [0, 0.1) is 0 Å². The highest BCUT2D eigenvalue weighted by Crippen LogP contribution is 2.30. The average Bonchev–Trinajstić information content (AvgIpc) is 2.97. The Labute approximate surface area is 102 Å². The molecular weight excluding hydrogens is 216 g/mol. The molecule has 1 atom stereocenters. The number of rotatable bonds is 2. The molecule has 0 saturated carbocycles. The Morgan fingerprint density at radius 1 is 1.35 bits per heavy atom. The summed E-state index contributed by atoms with van der Waals surface area (Å²) in [5.41, 5.74) is 1.07. The maximum Gasteiger partial charge on any atom is 0.236 e. The van der Waals surface area contributed by atoms with Crippen LogP contribution in [0.25, 0.3) is 0 Å². The van der Waals surface area contributed by atoms with Gasteiger partial charge in [0.25, 0.3) is 0 Å². The maximum absolute atomic E-state index is 5.90. The zero-order valence-corrected chi connectivity index (χ0v) is 10.6. The summed E-state index contributed by atoms with van der Waals surface area (Å²) < 4.78 is 7.90. The Bertz CT molecular complexity index is 395. The molecule has 1 saturated heterocycles. The second-order valence-corrected chi connectivity index (χ2v) is 5.12. The van der Waals surface area contributed by atoms with Gasteiger partial charge in [-0.1, -0.05) is 0 Å². The summed E-state index contributed by atoms with van der Waals surface area (Å²) in [7, 11) is 4.04. The Morgan fingerprint density at radius 2 is 2.12 bits per heavy atom. The van der Waals surface area contributed by atoms with Crippen molar-refractivity contribution in [3.63, 3.8) is 0 Å². The van der Waals surface area contributed by atoms with Gasteiger partial charge in [-0.05, 0) is 25.9 Å². The number of aromatic nitrogens is 2. The van der Waals surface area contributed by atoms with Crippen molar-refractivity contribution in [2.24, 2.45) is 0 Å². The lowest BCUT2D eigenvalue weighted by atomic mass is 10.2. The van der Waals surface area contributed by atoms with Gasteiger partial charge in [0.2, 0.25) is 5.88 Å². The lowest BCUT2D eigenvalue weighted by Gasteiger charge is -2.31. The average molecular weight is 236 g/mol. The third-order valence-electron chi connectivity index (χ3n) is 3.71. The van der Waals surface area contributed by atoms with Crippen molar-refractivity contribution in [1.29, 1.82) is 0 Å². The lowest BCUT2D eigenvalue weighted by molar-refractivity contribution is 0.102. The van der Waals surface area contributed by atoms with Gasteiger partial charge in [0.1, 0.15) is 12.3 Å². The van der Waals surface area contributed by atoms with Crippen LogP contribution < -0.4 is 9.64 Å². The predicted molar refractivity (Wildman–Crippen MR) is 66.6 cm³/mol. The fraction of sp³-hybridized carbons (Fsp3) is 0.750. The number of likely N-dealkylation sites (tertiary alicyclic amines) is 1. The standard InChI is InChI=1S/C12H20N4O/c1-14(2)11-7-13-16-8-10(9-17-12(11)16)15-5-3-4-6-15/h7,10H,3-6,8-9H2,1-2H3. The molecule has 5 heteroatoms. The van der Waals surface area contributed by atoms with E-state index in [0.717, 1.165) is 24.7 Å². The first-order valence-corrected chi connectivity index (χ1v) is 6.35. The molecule has 2 aliphatic heterocycles. The Hall–Kier alpha value is -1.23. The van der Waals surface area contributed by atoms with Gasteiger partial charge in [-0.15, -0.1) is 0 Å². The fourth-order valence-electron chi connectivity index (χ4n) is 2.70. The molecule has 1 aromatic heterocycles. The normalized spacial score (nSPS) is 24.5. The first-order valence-electron chi connectivity index (χ1n) is 6.35. The highest BCUT2D eigenvalue weighted by atomic mass is 16.5. The number of fused-ring (bicyclic) bond motifs is 1. The number of hydrogen-bond acceptors (Lipinski definition) is 4. The second-order valence-electron chi connectivity index (χ2n) is 5.12. The molecule has 1 unspecified atom stereocenters. The van der Waals surface area contributed by atoms with E-state index in [1.165, 1.54) is 25.9 Å². The number of ether oxygens (including phenoxy) is 1. The van der Waals surface area contributed by atoms with Crippen LogP contribution in [0.1, 0.15) is 12.8 Å². The minimum atomic E-state index is 0.500. The molecule has 0 aliphatic carbocycles. The van der Waals surface area contributed by atoms with E-state index in [1.54, 1.807) is 0 Å². The summed E-state index contributed by atoms with van der Waals surface area (Å²) in [6.07, 6.45) is 4.54. The zero-order valence-electron chi connectivity index (χ0n) is 10.6. The smallest absolute Gasteiger partial charge is 0.236 e. The molecule has 3 rings (SSSR count). The van der Waals surface area contributed by atoms with Crippen molar-refractivity contribution >= 4 is 5.69 Å². The number of anilines is 1. The minimum Gasteiger partial charge on any atom is -0.475 e. The van der Waals surface area contributed by atoms with Gasteiger partial charge in [-0.3, -0.25) is 4.90 Å². The van der Waals surface area contributed by atoms with E-state index in [0.29, 0.717) is 6.04 Å². The summed E-state index contributed by atoms with van der Waals surface area (Å²) in [4.78, 5) is 4.58. The van der Waals surface area contributed by atoms with Crippen molar-refractivity contribution in [3.8, 4) is 5.88 Å². The highest BCUT2D eigenvalue weighted by Gasteiger charge is 2.29. The van der Waals surface area contributed by atoms with E-state index < -0.39 is 0 Å². The van der Waals surface area contributed by atoms with E-state index in [-0.39, 0.29) is 0 Å².